The molecule has 2 rings (SSSR count). The van der Waals surface area contributed by atoms with Gasteiger partial charge in [-0.15, -0.1) is 0 Å². The van der Waals surface area contributed by atoms with Crippen molar-refractivity contribution in [2.75, 3.05) is 13.7 Å². The van der Waals surface area contributed by atoms with Crippen molar-refractivity contribution in [3.63, 3.8) is 0 Å². The molecule has 0 heterocycles. The molecule has 0 aromatic heterocycles. The molecule has 2 fully saturated rings. The molecule has 20 heavy (non-hydrogen) atoms. The van der Waals surface area contributed by atoms with Gasteiger partial charge in [0.1, 0.15) is 0 Å². The van der Waals surface area contributed by atoms with Gasteiger partial charge >= 0.3 is 0 Å². The van der Waals surface area contributed by atoms with Crippen LogP contribution in [0.2, 0.25) is 0 Å². The molecule has 0 radical (unpaired) electrons. The molecule has 0 saturated heterocycles. The molecule has 2 saturated carbocycles. The van der Waals surface area contributed by atoms with E-state index in [0.29, 0.717) is 0 Å². The van der Waals surface area contributed by atoms with E-state index in [1.807, 2.05) is 0 Å². The minimum Gasteiger partial charge on any atom is -0.381 e. The Morgan fingerprint density at radius 3 is 1.75 bits per heavy atom. The van der Waals surface area contributed by atoms with E-state index in [4.69, 9.17) is 4.74 Å². The largest absolute Gasteiger partial charge is 0.381 e. The third-order valence-corrected chi connectivity index (χ3v) is 5.44. The van der Waals surface area contributed by atoms with Crippen LogP contribution in [0.3, 0.4) is 0 Å². The van der Waals surface area contributed by atoms with Gasteiger partial charge < -0.3 is 4.74 Å². The highest BCUT2D eigenvalue weighted by Gasteiger charge is 2.29. The van der Waals surface area contributed by atoms with Crippen molar-refractivity contribution in [3.05, 3.63) is 24.3 Å². The number of allylic oxidation sites excluding steroid dienone is 3. The van der Waals surface area contributed by atoms with Gasteiger partial charge in [0.15, 0.2) is 0 Å². The van der Waals surface area contributed by atoms with E-state index >= 15 is 0 Å². The lowest BCUT2D eigenvalue weighted by atomic mass is 9.69. The quantitative estimate of drug-likeness (QED) is 0.613. The SMILES string of the molecule is C/C=C/C1CCC(C2CCC(/C=C/COC)CC2)CC1. The van der Waals surface area contributed by atoms with Gasteiger partial charge in [-0.3, -0.25) is 0 Å². The Kier molecular flexibility index (Phi) is 6.86. The molecule has 0 aromatic rings. The molecule has 114 valence electrons. The summed E-state index contributed by atoms with van der Waals surface area (Å²) in [5.41, 5.74) is 0. The summed E-state index contributed by atoms with van der Waals surface area (Å²) in [6, 6.07) is 0. The fraction of sp³-hybridized carbons (Fsp3) is 0.789. The lowest BCUT2D eigenvalue weighted by molar-refractivity contribution is 0.166. The average molecular weight is 276 g/mol. The van der Waals surface area contributed by atoms with Crippen LogP contribution < -0.4 is 0 Å². The first kappa shape index (κ1) is 15.8. The highest BCUT2D eigenvalue weighted by atomic mass is 16.5. The molecular weight excluding hydrogens is 244 g/mol. The van der Waals surface area contributed by atoms with Crippen LogP contribution in [-0.2, 0) is 4.74 Å². The van der Waals surface area contributed by atoms with Crippen LogP contribution in [0.5, 0.6) is 0 Å². The molecule has 2 aliphatic rings. The smallest absolute Gasteiger partial charge is 0.0643 e. The minimum atomic E-state index is 0.773. The van der Waals surface area contributed by atoms with Crippen molar-refractivity contribution >= 4 is 0 Å². The average Bonchev–Trinajstić information content (AvgIpc) is 2.49. The maximum Gasteiger partial charge on any atom is 0.0643 e. The fourth-order valence-corrected chi connectivity index (χ4v) is 4.23. The Morgan fingerprint density at radius 1 is 0.800 bits per heavy atom. The zero-order chi connectivity index (χ0) is 14.2. The van der Waals surface area contributed by atoms with Crippen molar-refractivity contribution in [2.24, 2.45) is 23.7 Å². The second-order valence-corrected chi connectivity index (χ2v) is 6.76. The Bertz CT molecular complexity index is 302. The first-order valence-corrected chi connectivity index (χ1v) is 8.62. The highest BCUT2D eigenvalue weighted by Crippen LogP contribution is 2.41. The molecule has 1 nitrogen and oxygen atoms in total. The molecule has 0 N–H and O–H groups in total. The molecule has 0 aliphatic heterocycles. The molecule has 2 aliphatic carbocycles. The van der Waals surface area contributed by atoms with Gasteiger partial charge in [-0.2, -0.15) is 0 Å². The first-order valence-electron chi connectivity index (χ1n) is 8.62. The predicted octanol–water partition coefficient (Wildman–Crippen LogP) is 5.38. The summed E-state index contributed by atoms with van der Waals surface area (Å²) in [7, 11) is 1.77. The Labute approximate surface area is 125 Å². The summed E-state index contributed by atoms with van der Waals surface area (Å²) in [5.74, 6) is 3.75. The monoisotopic (exact) mass is 276 g/mol. The van der Waals surface area contributed by atoms with Crippen LogP contribution in [0.25, 0.3) is 0 Å². The van der Waals surface area contributed by atoms with E-state index in [9.17, 15) is 0 Å². The van der Waals surface area contributed by atoms with Gasteiger partial charge in [0.05, 0.1) is 6.61 Å². The van der Waals surface area contributed by atoms with E-state index < -0.39 is 0 Å². The van der Waals surface area contributed by atoms with Crippen molar-refractivity contribution in [1.29, 1.82) is 0 Å². The van der Waals surface area contributed by atoms with Crippen molar-refractivity contribution in [2.45, 2.75) is 58.3 Å². The molecule has 0 unspecified atom stereocenters. The second-order valence-electron chi connectivity index (χ2n) is 6.76. The zero-order valence-electron chi connectivity index (χ0n) is 13.4. The third-order valence-electron chi connectivity index (χ3n) is 5.44. The third kappa shape index (κ3) is 4.77. The number of methoxy groups -OCH3 is 1. The van der Waals surface area contributed by atoms with Gasteiger partial charge in [-0.05, 0) is 82.0 Å². The second kappa shape index (κ2) is 8.67. The summed E-state index contributed by atoms with van der Waals surface area (Å²) < 4.78 is 5.09. The minimum absolute atomic E-state index is 0.773. The van der Waals surface area contributed by atoms with Gasteiger partial charge in [-0.1, -0.05) is 24.3 Å². The Balaban J connectivity index is 1.69. The van der Waals surface area contributed by atoms with Crippen LogP contribution >= 0.6 is 0 Å². The topological polar surface area (TPSA) is 9.23 Å². The van der Waals surface area contributed by atoms with Crippen LogP contribution in [0.1, 0.15) is 58.3 Å². The molecule has 0 aromatic carbocycles. The maximum absolute atomic E-state index is 5.09. The molecular formula is C19H32O. The van der Waals surface area contributed by atoms with E-state index in [0.717, 1.165) is 30.3 Å². The summed E-state index contributed by atoms with van der Waals surface area (Å²) in [6.45, 7) is 2.93. The number of hydrogen-bond acceptors (Lipinski definition) is 1. The summed E-state index contributed by atoms with van der Waals surface area (Å²) in [5, 5.41) is 0. The molecule has 0 spiro atoms. The number of hydrogen-bond donors (Lipinski definition) is 0. The van der Waals surface area contributed by atoms with Crippen LogP contribution in [0.4, 0.5) is 0 Å². The fourth-order valence-electron chi connectivity index (χ4n) is 4.23. The molecule has 0 amide bonds. The first-order chi connectivity index (χ1) is 9.83. The lowest BCUT2D eigenvalue weighted by Crippen LogP contribution is -2.25. The summed E-state index contributed by atoms with van der Waals surface area (Å²) in [6.07, 6.45) is 20.8. The maximum atomic E-state index is 5.09. The van der Waals surface area contributed by atoms with Crippen molar-refractivity contribution in [1.82, 2.24) is 0 Å². The van der Waals surface area contributed by atoms with Gasteiger partial charge in [-0.25, -0.2) is 0 Å². The zero-order valence-corrected chi connectivity index (χ0v) is 13.4. The van der Waals surface area contributed by atoms with Gasteiger partial charge in [0, 0.05) is 7.11 Å². The Morgan fingerprint density at radius 2 is 1.30 bits per heavy atom. The van der Waals surface area contributed by atoms with Crippen LogP contribution in [0, 0.1) is 23.7 Å². The van der Waals surface area contributed by atoms with Gasteiger partial charge in [0.2, 0.25) is 0 Å². The molecule has 0 bridgehead atoms. The van der Waals surface area contributed by atoms with Crippen molar-refractivity contribution < 1.29 is 4.74 Å². The number of rotatable bonds is 5. The molecule has 1 heteroatoms. The van der Waals surface area contributed by atoms with E-state index in [1.165, 1.54) is 51.4 Å². The Hall–Kier alpha value is -0.560. The highest BCUT2D eigenvalue weighted by molar-refractivity contribution is 4.94. The summed E-state index contributed by atoms with van der Waals surface area (Å²) in [4.78, 5) is 0. The predicted molar refractivity (Wildman–Crippen MR) is 86.7 cm³/mol. The standard InChI is InChI=1S/C19H32O/c1-3-5-16-7-11-18(12-8-16)19-13-9-17(10-14-19)6-4-15-20-2/h3-6,16-19H,7-15H2,1-2H3/b5-3+,6-4+. The van der Waals surface area contributed by atoms with Crippen LogP contribution in [-0.4, -0.2) is 13.7 Å². The normalized spacial score (nSPS) is 35.9. The van der Waals surface area contributed by atoms with Crippen molar-refractivity contribution in [3.8, 4) is 0 Å². The van der Waals surface area contributed by atoms with Gasteiger partial charge in [0.25, 0.3) is 0 Å². The van der Waals surface area contributed by atoms with E-state index in [1.54, 1.807) is 7.11 Å². The van der Waals surface area contributed by atoms with Crippen LogP contribution in [0.15, 0.2) is 24.3 Å². The summed E-state index contributed by atoms with van der Waals surface area (Å²) >= 11 is 0. The number of ether oxygens (including phenoxy) is 1. The van der Waals surface area contributed by atoms with E-state index in [2.05, 4.69) is 31.2 Å². The van der Waals surface area contributed by atoms with E-state index in [-0.39, 0.29) is 0 Å². The molecule has 0 atom stereocenters. The lowest BCUT2D eigenvalue weighted by Gasteiger charge is -2.36.